The number of hydrogen-bond acceptors (Lipinski definition) is 1. The highest BCUT2D eigenvalue weighted by Gasteiger charge is 2.31. The second-order valence-corrected chi connectivity index (χ2v) is 6.74. The number of anilines is 1. The van der Waals surface area contributed by atoms with E-state index in [9.17, 15) is 4.39 Å². The number of piperidine rings is 1. The third kappa shape index (κ3) is 4.64. The average molecular weight is 310 g/mol. The molecule has 1 saturated heterocycles. The summed E-state index contributed by atoms with van der Waals surface area (Å²) in [7, 11) is 0. The van der Waals surface area contributed by atoms with Crippen LogP contribution in [0, 0.1) is 5.82 Å². The van der Waals surface area contributed by atoms with Crippen molar-refractivity contribution in [3.05, 3.63) is 30.1 Å². The lowest BCUT2D eigenvalue weighted by Gasteiger charge is -2.38. The molecular formula is C16H25FN3S+. The first kappa shape index (κ1) is 16.2. The van der Waals surface area contributed by atoms with Crippen molar-refractivity contribution in [3.63, 3.8) is 0 Å². The van der Waals surface area contributed by atoms with Gasteiger partial charge in [-0.1, -0.05) is 12.1 Å². The van der Waals surface area contributed by atoms with E-state index in [1.807, 2.05) is 0 Å². The topological polar surface area (TPSA) is 28.5 Å². The standard InChI is InChI=1S/C16H24FN3S/c1-16(2,20-10-6-3-7-11-20)12-18-15(21)19-14-9-5-4-8-13(14)17/h4-5,8-9H,3,6-7,10-12H2,1-2H3,(H2,18,19,21)/p+1. The van der Waals surface area contributed by atoms with E-state index in [4.69, 9.17) is 12.2 Å². The van der Waals surface area contributed by atoms with Gasteiger partial charge in [0.15, 0.2) is 5.11 Å². The summed E-state index contributed by atoms with van der Waals surface area (Å²) in [5.41, 5.74) is 0.541. The monoisotopic (exact) mass is 310 g/mol. The molecule has 5 heteroatoms. The van der Waals surface area contributed by atoms with Gasteiger partial charge in [-0.2, -0.15) is 0 Å². The number of likely N-dealkylation sites (tertiary alicyclic amines) is 1. The van der Waals surface area contributed by atoms with Crippen LogP contribution in [0.5, 0.6) is 0 Å². The third-order valence-corrected chi connectivity index (χ3v) is 4.47. The summed E-state index contributed by atoms with van der Waals surface area (Å²) in [6.07, 6.45) is 3.95. The molecule has 116 valence electrons. The maximum absolute atomic E-state index is 13.6. The van der Waals surface area contributed by atoms with E-state index in [1.165, 1.54) is 38.4 Å². The molecule has 21 heavy (non-hydrogen) atoms. The number of thiocarbonyl (C=S) groups is 1. The molecule has 3 N–H and O–H groups in total. The molecule has 0 aromatic heterocycles. The number of nitrogens with one attached hydrogen (secondary N) is 3. The van der Waals surface area contributed by atoms with Crippen LogP contribution in [0.25, 0.3) is 0 Å². The minimum Gasteiger partial charge on any atom is -0.356 e. The SMILES string of the molecule is CC(C)(CNC(=S)Nc1ccccc1F)[NH+]1CCCCC1. The highest BCUT2D eigenvalue weighted by atomic mass is 32.1. The molecule has 0 bridgehead atoms. The van der Waals surface area contributed by atoms with Gasteiger partial charge in [0, 0.05) is 0 Å². The second-order valence-electron chi connectivity index (χ2n) is 6.34. The van der Waals surface area contributed by atoms with Crippen LogP contribution in [0.3, 0.4) is 0 Å². The molecule has 1 aliphatic heterocycles. The van der Waals surface area contributed by atoms with Crippen molar-refractivity contribution in [1.82, 2.24) is 5.32 Å². The van der Waals surface area contributed by atoms with Gasteiger partial charge in [0.05, 0.1) is 25.3 Å². The van der Waals surface area contributed by atoms with Crippen LogP contribution in [-0.2, 0) is 0 Å². The fourth-order valence-electron chi connectivity index (χ4n) is 2.81. The van der Waals surface area contributed by atoms with Gasteiger partial charge in [0.25, 0.3) is 0 Å². The minimum absolute atomic E-state index is 0.126. The Hall–Kier alpha value is -1.20. The number of benzene rings is 1. The van der Waals surface area contributed by atoms with Crippen molar-refractivity contribution in [2.75, 3.05) is 25.0 Å². The van der Waals surface area contributed by atoms with Crippen LogP contribution in [0.1, 0.15) is 33.1 Å². The van der Waals surface area contributed by atoms with Gasteiger partial charge in [-0.3, -0.25) is 0 Å². The van der Waals surface area contributed by atoms with Crippen LogP contribution >= 0.6 is 12.2 Å². The molecule has 1 heterocycles. The smallest absolute Gasteiger partial charge is 0.171 e. The van der Waals surface area contributed by atoms with E-state index in [1.54, 1.807) is 23.1 Å². The summed E-state index contributed by atoms with van der Waals surface area (Å²) >= 11 is 5.27. The highest BCUT2D eigenvalue weighted by Crippen LogP contribution is 2.12. The van der Waals surface area contributed by atoms with E-state index in [2.05, 4.69) is 24.5 Å². The molecule has 0 atom stereocenters. The Balaban J connectivity index is 1.84. The molecule has 1 aromatic rings. The fraction of sp³-hybridized carbons (Fsp3) is 0.562. The number of rotatable bonds is 4. The van der Waals surface area contributed by atoms with Crippen LogP contribution in [0.2, 0.25) is 0 Å². The molecule has 1 aromatic carbocycles. The Labute approximate surface area is 131 Å². The van der Waals surface area contributed by atoms with Crippen LogP contribution in [0.4, 0.5) is 10.1 Å². The summed E-state index contributed by atoms with van der Waals surface area (Å²) in [4.78, 5) is 1.62. The zero-order valence-corrected chi connectivity index (χ0v) is 13.7. The van der Waals surface area contributed by atoms with E-state index < -0.39 is 0 Å². The molecule has 3 nitrogen and oxygen atoms in total. The van der Waals surface area contributed by atoms with E-state index in [0.717, 1.165) is 6.54 Å². The minimum atomic E-state index is -0.289. The van der Waals surface area contributed by atoms with Gasteiger partial charge in [0.2, 0.25) is 0 Å². The largest absolute Gasteiger partial charge is 0.356 e. The number of para-hydroxylation sites is 1. The predicted molar refractivity (Wildman–Crippen MR) is 89.3 cm³/mol. The lowest BCUT2D eigenvalue weighted by atomic mass is 9.98. The quantitative estimate of drug-likeness (QED) is 0.743. The van der Waals surface area contributed by atoms with Crippen molar-refractivity contribution in [2.45, 2.75) is 38.6 Å². The molecule has 1 fully saturated rings. The molecule has 1 aliphatic rings. The van der Waals surface area contributed by atoms with Crippen LogP contribution < -0.4 is 15.5 Å². The molecule has 0 amide bonds. The van der Waals surface area contributed by atoms with E-state index >= 15 is 0 Å². The summed E-state index contributed by atoms with van der Waals surface area (Å²) in [6, 6.07) is 6.56. The maximum atomic E-state index is 13.6. The molecule has 2 rings (SSSR count). The van der Waals surface area contributed by atoms with Crippen molar-refractivity contribution < 1.29 is 9.29 Å². The first-order chi connectivity index (χ1) is 9.99. The van der Waals surface area contributed by atoms with Crippen LogP contribution in [-0.4, -0.2) is 30.3 Å². The molecule has 0 saturated carbocycles. The molecular weight excluding hydrogens is 285 g/mol. The summed E-state index contributed by atoms with van der Waals surface area (Å²) < 4.78 is 13.6. The second kappa shape index (κ2) is 7.18. The number of hydrogen-bond donors (Lipinski definition) is 3. The molecule has 0 unspecified atom stereocenters. The Morgan fingerprint density at radius 3 is 2.57 bits per heavy atom. The Morgan fingerprint density at radius 1 is 1.24 bits per heavy atom. The summed E-state index contributed by atoms with van der Waals surface area (Å²) in [6.45, 7) is 7.74. The Kier molecular flexibility index (Phi) is 5.53. The molecule has 0 radical (unpaired) electrons. The first-order valence-electron chi connectivity index (χ1n) is 7.63. The van der Waals surface area contributed by atoms with Gasteiger partial charge < -0.3 is 15.5 Å². The maximum Gasteiger partial charge on any atom is 0.171 e. The number of quaternary nitrogens is 1. The lowest BCUT2D eigenvalue weighted by molar-refractivity contribution is -0.951. The van der Waals surface area contributed by atoms with Gasteiger partial charge in [-0.25, -0.2) is 4.39 Å². The van der Waals surface area contributed by atoms with Gasteiger partial charge in [0.1, 0.15) is 11.4 Å². The van der Waals surface area contributed by atoms with E-state index in [-0.39, 0.29) is 11.4 Å². The van der Waals surface area contributed by atoms with Gasteiger partial charge in [-0.15, -0.1) is 0 Å². The molecule has 0 aliphatic carbocycles. The Bertz CT molecular complexity index is 484. The summed E-state index contributed by atoms with van der Waals surface area (Å²) in [5.74, 6) is -0.289. The van der Waals surface area contributed by atoms with Gasteiger partial charge in [-0.05, 0) is 57.5 Å². The normalized spacial score (nSPS) is 16.5. The van der Waals surface area contributed by atoms with Crippen molar-refractivity contribution in [1.29, 1.82) is 0 Å². The van der Waals surface area contributed by atoms with Crippen molar-refractivity contribution in [3.8, 4) is 0 Å². The summed E-state index contributed by atoms with van der Waals surface area (Å²) in [5, 5.41) is 6.63. The van der Waals surface area contributed by atoms with Crippen molar-refractivity contribution >= 4 is 23.0 Å². The highest BCUT2D eigenvalue weighted by molar-refractivity contribution is 7.80. The Morgan fingerprint density at radius 2 is 1.90 bits per heavy atom. The fourth-order valence-corrected chi connectivity index (χ4v) is 2.99. The van der Waals surface area contributed by atoms with Crippen molar-refractivity contribution in [2.24, 2.45) is 0 Å². The third-order valence-electron chi connectivity index (χ3n) is 4.23. The van der Waals surface area contributed by atoms with E-state index in [0.29, 0.717) is 10.8 Å². The van der Waals surface area contributed by atoms with Crippen LogP contribution in [0.15, 0.2) is 24.3 Å². The van der Waals surface area contributed by atoms with Gasteiger partial charge >= 0.3 is 0 Å². The zero-order valence-electron chi connectivity index (χ0n) is 12.8. The number of halogens is 1. The predicted octanol–water partition coefficient (Wildman–Crippen LogP) is 1.96. The zero-order chi connectivity index (χ0) is 15.3. The lowest BCUT2D eigenvalue weighted by Crippen LogP contribution is -3.20. The molecule has 0 spiro atoms. The first-order valence-corrected chi connectivity index (χ1v) is 8.04. The average Bonchev–Trinajstić information content (AvgIpc) is 2.49.